The van der Waals surface area contributed by atoms with E-state index >= 15 is 0 Å². The van der Waals surface area contributed by atoms with Crippen LogP contribution in [0.5, 0.6) is 0 Å². The molecule has 8 heteroatoms. The van der Waals surface area contributed by atoms with E-state index in [-0.39, 0.29) is 19.0 Å². The van der Waals surface area contributed by atoms with Gasteiger partial charge in [-0.25, -0.2) is 0 Å². The van der Waals surface area contributed by atoms with Gasteiger partial charge in [-0.15, -0.1) is 0 Å². The molecule has 0 spiro atoms. The lowest BCUT2D eigenvalue weighted by Gasteiger charge is -2.28. The minimum absolute atomic E-state index is 0.0413. The molecule has 0 saturated carbocycles. The first-order chi connectivity index (χ1) is 9.55. The zero-order valence-corrected chi connectivity index (χ0v) is 12.1. The average molecular weight is 310 g/mol. The number of nitrogens with two attached hydrogens (primary N) is 1. The number of hydrogen-bond acceptors (Lipinski definition) is 3. The first-order valence-corrected chi connectivity index (χ1v) is 6.84. The van der Waals surface area contributed by atoms with Gasteiger partial charge in [-0.2, -0.15) is 13.2 Å². The van der Waals surface area contributed by atoms with Gasteiger partial charge in [0.25, 0.3) is 0 Å². The molecule has 1 saturated heterocycles. The molecule has 1 rings (SSSR count). The van der Waals surface area contributed by atoms with Crippen LogP contribution in [-0.4, -0.2) is 47.7 Å². The van der Waals surface area contributed by atoms with Crippen molar-refractivity contribution in [2.24, 2.45) is 23.0 Å². The molecule has 0 aromatic heterocycles. The Morgan fingerprint density at radius 1 is 1.38 bits per heavy atom. The molecule has 5 nitrogen and oxygen atoms in total. The van der Waals surface area contributed by atoms with E-state index in [0.29, 0.717) is 6.42 Å². The van der Waals surface area contributed by atoms with Crippen LogP contribution in [0, 0.1) is 17.3 Å². The van der Waals surface area contributed by atoms with E-state index in [1.807, 2.05) is 13.8 Å². The quantitative estimate of drug-likeness (QED) is 0.805. The smallest absolute Gasteiger partial charge is 0.406 e. The van der Waals surface area contributed by atoms with E-state index in [1.54, 1.807) is 0 Å². The molecule has 1 heterocycles. The van der Waals surface area contributed by atoms with Crippen molar-refractivity contribution in [2.75, 3.05) is 19.6 Å². The van der Waals surface area contributed by atoms with Crippen molar-refractivity contribution >= 4 is 11.9 Å². The first kappa shape index (κ1) is 17.7. The second kappa shape index (κ2) is 6.21. The van der Waals surface area contributed by atoms with E-state index in [2.05, 4.69) is 0 Å². The molecule has 1 aliphatic heterocycles. The van der Waals surface area contributed by atoms with Crippen LogP contribution in [0.4, 0.5) is 13.2 Å². The van der Waals surface area contributed by atoms with Gasteiger partial charge in [0.1, 0.15) is 0 Å². The van der Waals surface area contributed by atoms with Gasteiger partial charge in [0.05, 0.1) is 5.92 Å². The third-order valence-corrected chi connectivity index (χ3v) is 3.92. The Hall–Kier alpha value is -1.31. The number of rotatable bonds is 5. The summed E-state index contributed by atoms with van der Waals surface area (Å²) in [5, 5.41) is 8.96. The Balaban J connectivity index is 2.89. The Morgan fingerprint density at radius 3 is 2.29 bits per heavy atom. The summed E-state index contributed by atoms with van der Waals surface area (Å²) >= 11 is 0. The first-order valence-electron chi connectivity index (χ1n) is 6.84. The number of hydrogen-bond donors (Lipinski definition) is 2. The van der Waals surface area contributed by atoms with E-state index in [0.717, 1.165) is 4.90 Å². The minimum atomic E-state index is -4.88. The summed E-state index contributed by atoms with van der Waals surface area (Å²) in [5.41, 5.74) is 2.66. The largest absolute Gasteiger partial charge is 0.481 e. The van der Waals surface area contributed by atoms with E-state index < -0.39 is 42.4 Å². The number of likely N-dealkylation sites (tertiary alicyclic amines) is 1. The predicted molar refractivity (Wildman–Crippen MR) is 69.3 cm³/mol. The van der Waals surface area contributed by atoms with Gasteiger partial charge in [-0.05, 0) is 18.8 Å². The van der Waals surface area contributed by atoms with Gasteiger partial charge in [-0.1, -0.05) is 13.8 Å². The third-order valence-electron chi connectivity index (χ3n) is 3.92. The number of amides is 1. The zero-order valence-electron chi connectivity index (χ0n) is 12.1. The van der Waals surface area contributed by atoms with Crippen LogP contribution in [0.15, 0.2) is 0 Å². The number of halogens is 3. The molecule has 3 N–H and O–H groups in total. The summed E-state index contributed by atoms with van der Waals surface area (Å²) < 4.78 is 39.2. The van der Waals surface area contributed by atoms with Gasteiger partial charge < -0.3 is 15.7 Å². The summed E-state index contributed by atoms with van der Waals surface area (Å²) in [6.45, 7) is 2.77. The van der Waals surface area contributed by atoms with Crippen LogP contribution in [0.25, 0.3) is 0 Å². The Labute approximate surface area is 121 Å². The molecule has 1 aliphatic rings. The molecule has 2 unspecified atom stereocenters. The fourth-order valence-corrected chi connectivity index (χ4v) is 2.65. The van der Waals surface area contributed by atoms with Crippen molar-refractivity contribution in [3.05, 3.63) is 0 Å². The second-order valence-electron chi connectivity index (χ2n) is 5.96. The number of aliphatic carboxylic acids is 1. The van der Waals surface area contributed by atoms with Gasteiger partial charge in [0.15, 0.2) is 5.41 Å². The zero-order chi connectivity index (χ0) is 16.4. The van der Waals surface area contributed by atoms with Crippen LogP contribution in [0.3, 0.4) is 0 Å². The van der Waals surface area contributed by atoms with Gasteiger partial charge >= 0.3 is 12.1 Å². The van der Waals surface area contributed by atoms with Crippen molar-refractivity contribution < 1.29 is 27.9 Å². The molecule has 0 aromatic carbocycles. The molecular weight excluding hydrogens is 289 g/mol. The number of carbonyl (C=O) groups excluding carboxylic acids is 1. The molecule has 122 valence electrons. The van der Waals surface area contributed by atoms with Crippen molar-refractivity contribution in [3.63, 3.8) is 0 Å². The van der Waals surface area contributed by atoms with E-state index in [4.69, 9.17) is 10.8 Å². The molecular formula is C13H21F3N2O3. The lowest BCUT2D eigenvalue weighted by molar-refractivity contribution is -0.227. The highest BCUT2D eigenvalue weighted by Crippen LogP contribution is 2.46. The van der Waals surface area contributed by atoms with Crippen molar-refractivity contribution in [2.45, 2.75) is 32.9 Å². The van der Waals surface area contributed by atoms with E-state index in [1.165, 1.54) is 0 Å². The van der Waals surface area contributed by atoms with Crippen LogP contribution < -0.4 is 5.73 Å². The summed E-state index contributed by atoms with van der Waals surface area (Å²) in [5.74, 6) is -2.81. The maximum Gasteiger partial charge on any atom is 0.406 e. The molecule has 1 fully saturated rings. The molecule has 0 aromatic rings. The van der Waals surface area contributed by atoms with Crippen LogP contribution in [-0.2, 0) is 9.59 Å². The van der Waals surface area contributed by atoms with E-state index in [9.17, 15) is 22.8 Å². The fourth-order valence-electron chi connectivity index (χ4n) is 2.65. The minimum Gasteiger partial charge on any atom is -0.481 e. The maximum atomic E-state index is 13.1. The Bertz CT molecular complexity index is 412. The summed E-state index contributed by atoms with van der Waals surface area (Å²) in [6, 6.07) is 0. The second-order valence-corrected chi connectivity index (χ2v) is 5.96. The van der Waals surface area contributed by atoms with Crippen molar-refractivity contribution in [1.29, 1.82) is 0 Å². The lowest BCUT2D eigenvalue weighted by Crippen LogP contribution is -2.48. The molecule has 0 aliphatic carbocycles. The number of nitrogens with zero attached hydrogens (tertiary/aromatic N) is 1. The average Bonchev–Trinajstić information content (AvgIpc) is 2.80. The Kier molecular flexibility index (Phi) is 5.25. The molecule has 0 bridgehead atoms. The number of carboxylic acid groups (broad SMARTS) is 1. The topological polar surface area (TPSA) is 83.6 Å². The van der Waals surface area contributed by atoms with Crippen molar-refractivity contribution in [1.82, 2.24) is 4.90 Å². The van der Waals surface area contributed by atoms with Crippen LogP contribution in [0.2, 0.25) is 0 Å². The van der Waals surface area contributed by atoms with Gasteiger partial charge in [0.2, 0.25) is 5.91 Å². The normalized spacial score (nSPS) is 24.4. The maximum absolute atomic E-state index is 13.1. The summed E-state index contributed by atoms with van der Waals surface area (Å²) in [6.07, 6.45) is -5.03. The fraction of sp³-hybridized carbons (Fsp3) is 0.846. The van der Waals surface area contributed by atoms with Gasteiger partial charge in [0, 0.05) is 19.6 Å². The summed E-state index contributed by atoms with van der Waals surface area (Å²) in [4.78, 5) is 24.3. The molecule has 21 heavy (non-hydrogen) atoms. The third kappa shape index (κ3) is 3.48. The van der Waals surface area contributed by atoms with Gasteiger partial charge in [-0.3, -0.25) is 9.59 Å². The van der Waals surface area contributed by atoms with Crippen LogP contribution >= 0.6 is 0 Å². The van der Waals surface area contributed by atoms with Crippen LogP contribution in [0.1, 0.15) is 26.7 Å². The molecule has 0 radical (unpaired) electrons. The highest BCUT2D eigenvalue weighted by molar-refractivity contribution is 5.82. The lowest BCUT2D eigenvalue weighted by atomic mass is 9.86. The molecule has 2 atom stereocenters. The SMILES string of the molecule is CC(C)CC(CN)C(=O)N1CCC(C(=O)O)(C(F)(F)F)C1. The number of carbonyl (C=O) groups is 2. The standard InChI is InChI=1S/C13H21F3N2O3/c1-8(2)5-9(6-17)10(19)18-4-3-12(7-18,11(20)21)13(14,15)16/h8-9H,3-7,17H2,1-2H3,(H,20,21). The predicted octanol–water partition coefficient (Wildman–Crippen LogP) is 1.47. The highest BCUT2D eigenvalue weighted by Gasteiger charge is 2.64. The number of alkyl halides is 3. The monoisotopic (exact) mass is 310 g/mol. The summed E-state index contributed by atoms with van der Waals surface area (Å²) in [7, 11) is 0. The molecule has 1 amide bonds. The number of carboxylic acids is 1. The Morgan fingerprint density at radius 2 is 1.95 bits per heavy atom. The highest BCUT2D eigenvalue weighted by atomic mass is 19.4. The van der Waals surface area contributed by atoms with Crippen molar-refractivity contribution in [3.8, 4) is 0 Å².